The van der Waals surface area contributed by atoms with E-state index in [0.717, 1.165) is 10.6 Å². The lowest BCUT2D eigenvalue weighted by molar-refractivity contribution is 0.191. The standard InChI is InChI=1S/C9H10ClO/c1-2-11-7-8-3-5-9(10)6-4-8/h2-6H,7H2,1H3. The topological polar surface area (TPSA) is 9.23 Å². The summed E-state index contributed by atoms with van der Waals surface area (Å²) < 4.78 is 5.09. The Kier molecular flexibility index (Phi) is 3.40. The molecule has 0 atom stereocenters. The van der Waals surface area contributed by atoms with Gasteiger partial charge in [-0.1, -0.05) is 23.7 Å². The molecule has 0 aliphatic rings. The van der Waals surface area contributed by atoms with E-state index in [-0.39, 0.29) is 0 Å². The number of halogens is 1. The molecule has 2 heteroatoms. The van der Waals surface area contributed by atoms with Gasteiger partial charge in [-0.15, -0.1) is 0 Å². The zero-order chi connectivity index (χ0) is 8.10. The molecule has 0 bridgehead atoms. The first-order chi connectivity index (χ1) is 5.33. The number of benzene rings is 1. The van der Waals surface area contributed by atoms with Gasteiger partial charge in [0.05, 0.1) is 13.2 Å². The van der Waals surface area contributed by atoms with Crippen LogP contribution >= 0.6 is 11.6 Å². The second kappa shape index (κ2) is 4.37. The van der Waals surface area contributed by atoms with Crippen molar-refractivity contribution >= 4 is 11.6 Å². The van der Waals surface area contributed by atoms with Crippen molar-refractivity contribution in [1.29, 1.82) is 0 Å². The van der Waals surface area contributed by atoms with Gasteiger partial charge >= 0.3 is 0 Å². The van der Waals surface area contributed by atoms with E-state index in [1.165, 1.54) is 0 Å². The molecule has 1 aromatic carbocycles. The maximum Gasteiger partial charge on any atom is 0.0810 e. The molecule has 0 saturated carbocycles. The highest BCUT2D eigenvalue weighted by Crippen LogP contribution is 2.10. The number of rotatable bonds is 3. The SMILES string of the molecule is C[CH]OCc1ccc(Cl)cc1. The Hall–Kier alpha value is -0.530. The summed E-state index contributed by atoms with van der Waals surface area (Å²) in [4.78, 5) is 0. The van der Waals surface area contributed by atoms with E-state index in [1.807, 2.05) is 31.2 Å². The van der Waals surface area contributed by atoms with Crippen molar-refractivity contribution in [2.45, 2.75) is 13.5 Å². The van der Waals surface area contributed by atoms with E-state index < -0.39 is 0 Å². The Balaban J connectivity index is 2.52. The minimum absolute atomic E-state index is 0.619. The van der Waals surface area contributed by atoms with Crippen LogP contribution in [0.3, 0.4) is 0 Å². The van der Waals surface area contributed by atoms with Crippen LogP contribution in [0.15, 0.2) is 24.3 Å². The molecule has 0 saturated heterocycles. The normalized spacial score (nSPS) is 10.0. The fraction of sp³-hybridized carbons (Fsp3) is 0.222. The maximum atomic E-state index is 5.70. The van der Waals surface area contributed by atoms with Gasteiger partial charge in [0, 0.05) is 5.02 Å². The van der Waals surface area contributed by atoms with Crippen molar-refractivity contribution in [2.75, 3.05) is 0 Å². The lowest BCUT2D eigenvalue weighted by atomic mass is 10.2. The highest BCUT2D eigenvalue weighted by atomic mass is 35.5. The Morgan fingerprint density at radius 1 is 1.36 bits per heavy atom. The summed E-state index contributed by atoms with van der Waals surface area (Å²) >= 11 is 5.70. The zero-order valence-corrected chi connectivity index (χ0v) is 7.14. The molecule has 0 unspecified atom stereocenters. The largest absolute Gasteiger partial charge is 0.371 e. The van der Waals surface area contributed by atoms with E-state index in [9.17, 15) is 0 Å². The van der Waals surface area contributed by atoms with E-state index in [2.05, 4.69) is 0 Å². The predicted octanol–water partition coefficient (Wildman–Crippen LogP) is 3.04. The molecule has 0 aromatic heterocycles. The van der Waals surface area contributed by atoms with Crippen LogP contribution in [0, 0.1) is 6.61 Å². The van der Waals surface area contributed by atoms with Crippen molar-refractivity contribution in [3.8, 4) is 0 Å². The highest BCUT2D eigenvalue weighted by Gasteiger charge is 1.91. The van der Waals surface area contributed by atoms with Crippen molar-refractivity contribution in [3.63, 3.8) is 0 Å². The average Bonchev–Trinajstić information content (AvgIpc) is 2.04. The van der Waals surface area contributed by atoms with E-state index in [4.69, 9.17) is 16.3 Å². The molecule has 1 nitrogen and oxygen atoms in total. The first kappa shape index (κ1) is 8.57. The van der Waals surface area contributed by atoms with Gasteiger partial charge < -0.3 is 4.74 Å². The van der Waals surface area contributed by atoms with E-state index in [1.54, 1.807) is 6.61 Å². The van der Waals surface area contributed by atoms with Gasteiger partial charge in [0.1, 0.15) is 0 Å². The Morgan fingerprint density at radius 3 is 2.55 bits per heavy atom. The summed E-state index contributed by atoms with van der Waals surface area (Å²) in [5, 5.41) is 0.759. The van der Waals surface area contributed by atoms with Gasteiger partial charge in [-0.05, 0) is 24.6 Å². The zero-order valence-electron chi connectivity index (χ0n) is 6.38. The fourth-order valence-corrected chi connectivity index (χ4v) is 0.886. The molecule has 1 radical (unpaired) electrons. The second-order valence-electron chi connectivity index (χ2n) is 2.17. The highest BCUT2D eigenvalue weighted by molar-refractivity contribution is 6.30. The summed E-state index contributed by atoms with van der Waals surface area (Å²) in [7, 11) is 0. The molecule has 0 N–H and O–H groups in total. The molecule has 0 spiro atoms. The Morgan fingerprint density at radius 2 is 2.00 bits per heavy atom. The van der Waals surface area contributed by atoms with Crippen LogP contribution in [0.4, 0.5) is 0 Å². The Labute approximate surface area is 71.9 Å². The first-order valence-corrected chi connectivity index (χ1v) is 3.84. The third-order valence-electron chi connectivity index (χ3n) is 1.33. The van der Waals surface area contributed by atoms with Gasteiger partial charge in [0.25, 0.3) is 0 Å². The molecule has 59 valence electrons. The molecule has 0 aliphatic heterocycles. The third kappa shape index (κ3) is 2.91. The molecule has 0 amide bonds. The number of hydrogen-bond acceptors (Lipinski definition) is 1. The first-order valence-electron chi connectivity index (χ1n) is 3.47. The van der Waals surface area contributed by atoms with Crippen LogP contribution in [0.1, 0.15) is 12.5 Å². The quantitative estimate of drug-likeness (QED) is 0.676. The summed E-state index contributed by atoms with van der Waals surface area (Å²) in [5.41, 5.74) is 1.13. The minimum atomic E-state index is 0.619. The smallest absolute Gasteiger partial charge is 0.0810 e. The van der Waals surface area contributed by atoms with Crippen LogP contribution in [0.25, 0.3) is 0 Å². The summed E-state index contributed by atoms with van der Waals surface area (Å²) in [5.74, 6) is 0. The molecular weight excluding hydrogens is 160 g/mol. The van der Waals surface area contributed by atoms with Crippen molar-refractivity contribution in [1.82, 2.24) is 0 Å². The molecule has 0 aliphatic carbocycles. The van der Waals surface area contributed by atoms with Gasteiger partial charge in [-0.2, -0.15) is 0 Å². The van der Waals surface area contributed by atoms with Crippen molar-refractivity contribution in [3.05, 3.63) is 41.5 Å². The van der Waals surface area contributed by atoms with Gasteiger partial charge in [-0.3, -0.25) is 0 Å². The van der Waals surface area contributed by atoms with Crippen LogP contribution in [-0.4, -0.2) is 0 Å². The van der Waals surface area contributed by atoms with Crippen LogP contribution in [0.5, 0.6) is 0 Å². The molecule has 1 aromatic rings. The Bertz CT molecular complexity index is 205. The molecular formula is C9H10ClO. The van der Waals surface area contributed by atoms with Crippen molar-refractivity contribution in [2.24, 2.45) is 0 Å². The lowest BCUT2D eigenvalue weighted by Crippen LogP contribution is -1.86. The monoisotopic (exact) mass is 169 g/mol. The van der Waals surface area contributed by atoms with Crippen LogP contribution < -0.4 is 0 Å². The van der Waals surface area contributed by atoms with Crippen LogP contribution in [0.2, 0.25) is 5.02 Å². The van der Waals surface area contributed by atoms with Gasteiger partial charge in [0.15, 0.2) is 0 Å². The van der Waals surface area contributed by atoms with E-state index in [0.29, 0.717) is 6.61 Å². The predicted molar refractivity (Wildman–Crippen MR) is 46.2 cm³/mol. The summed E-state index contributed by atoms with van der Waals surface area (Å²) in [6.07, 6.45) is 0. The molecule has 0 fully saturated rings. The lowest BCUT2D eigenvalue weighted by Gasteiger charge is -1.99. The minimum Gasteiger partial charge on any atom is -0.371 e. The summed E-state index contributed by atoms with van der Waals surface area (Å²) in [6, 6.07) is 7.61. The summed E-state index contributed by atoms with van der Waals surface area (Å²) in [6.45, 7) is 4.15. The fourth-order valence-electron chi connectivity index (χ4n) is 0.760. The van der Waals surface area contributed by atoms with Gasteiger partial charge in [-0.25, -0.2) is 0 Å². The van der Waals surface area contributed by atoms with E-state index >= 15 is 0 Å². The number of hydrogen-bond donors (Lipinski definition) is 0. The average molecular weight is 170 g/mol. The molecule has 11 heavy (non-hydrogen) atoms. The van der Waals surface area contributed by atoms with Crippen molar-refractivity contribution < 1.29 is 4.74 Å². The van der Waals surface area contributed by atoms with Gasteiger partial charge in [0.2, 0.25) is 0 Å². The maximum absolute atomic E-state index is 5.70. The third-order valence-corrected chi connectivity index (χ3v) is 1.58. The second-order valence-corrected chi connectivity index (χ2v) is 2.61. The molecule has 1 rings (SSSR count). The molecule has 0 heterocycles. The van der Waals surface area contributed by atoms with Crippen LogP contribution in [-0.2, 0) is 11.3 Å². The number of ether oxygens (including phenoxy) is 1.